The zero-order chi connectivity index (χ0) is 12.6. The number of rotatable bonds is 9. The minimum Gasteiger partial charge on any atom is -0.302 e. The Morgan fingerprint density at radius 3 is 1.88 bits per heavy atom. The van der Waals surface area contributed by atoms with Crippen LogP contribution in [0.4, 0.5) is 0 Å². The molecule has 0 N–H and O–H groups in total. The molecule has 0 saturated carbocycles. The van der Waals surface area contributed by atoms with E-state index < -0.39 is 5.41 Å². The van der Waals surface area contributed by atoms with Crippen molar-refractivity contribution in [3.05, 3.63) is 0 Å². The van der Waals surface area contributed by atoms with Crippen LogP contribution in [0.5, 0.6) is 0 Å². The summed E-state index contributed by atoms with van der Waals surface area (Å²) in [4.78, 5) is 13.7. The molecular weight excluding hydrogens is 222 g/mol. The molecule has 3 heteroatoms. The van der Waals surface area contributed by atoms with Gasteiger partial charge in [0.05, 0.1) is 5.41 Å². The van der Waals surface area contributed by atoms with Gasteiger partial charge in [-0.25, -0.2) is 0 Å². The Labute approximate surface area is 105 Å². The number of unbranched alkanes of at least 4 members (excludes halogenated alkanes) is 2. The van der Waals surface area contributed by atoms with Gasteiger partial charge in [0.15, 0.2) is 0 Å². The molecule has 0 aliphatic heterocycles. The predicted octanol–water partition coefficient (Wildman–Crippen LogP) is 3.68. The van der Waals surface area contributed by atoms with Crippen molar-refractivity contribution in [2.75, 3.05) is 19.6 Å². The van der Waals surface area contributed by atoms with Gasteiger partial charge >= 0.3 is 0 Å². The number of hydrogen-bond donors (Lipinski definition) is 0. The van der Waals surface area contributed by atoms with Crippen molar-refractivity contribution in [1.82, 2.24) is 4.90 Å². The lowest BCUT2D eigenvalue weighted by molar-refractivity contribution is -0.119. The van der Waals surface area contributed by atoms with Crippen LogP contribution < -0.4 is 0 Å². The highest BCUT2D eigenvalue weighted by atomic mass is 35.5. The van der Waals surface area contributed by atoms with Crippen LogP contribution >= 0.6 is 11.6 Å². The summed E-state index contributed by atoms with van der Waals surface area (Å²) >= 11 is 5.62. The van der Waals surface area contributed by atoms with Gasteiger partial charge in [-0.1, -0.05) is 40.5 Å². The monoisotopic (exact) mass is 247 g/mol. The first kappa shape index (κ1) is 15.9. The van der Waals surface area contributed by atoms with E-state index in [0.717, 1.165) is 19.6 Å². The van der Waals surface area contributed by atoms with Crippen LogP contribution in [0.25, 0.3) is 0 Å². The lowest BCUT2D eigenvalue weighted by Crippen LogP contribution is -2.38. The average Bonchev–Trinajstić information content (AvgIpc) is 2.21. The highest BCUT2D eigenvalue weighted by molar-refractivity contribution is 6.64. The summed E-state index contributed by atoms with van der Waals surface area (Å²) in [5.41, 5.74) is -0.428. The van der Waals surface area contributed by atoms with Gasteiger partial charge in [-0.15, -0.1) is 0 Å². The van der Waals surface area contributed by atoms with Crippen LogP contribution in [0, 0.1) is 5.41 Å². The third-order valence-electron chi connectivity index (χ3n) is 2.81. The van der Waals surface area contributed by atoms with E-state index in [-0.39, 0.29) is 5.24 Å². The smallest absolute Gasteiger partial charge is 0.228 e. The summed E-state index contributed by atoms with van der Waals surface area (Å²) in [6.45, 7) is 11.1. The van der Waals surface area contributed by atoms with Crippen LogP contribution in [0.2, 0.25) is 0 Å². The molecule has 0 atom stereocenters. The molecule has 0 aliphatic rings. The zero-order valence-corrected chi connectivity index (χ0v) is 11.9. The van der Waals surface area contributed by atoms with Gasteiger partial charge in [0.1, 0.15) is 0 Å². The molecule has 0 bridgehead atoms. The molecule has 0 unspecified atom stereocenters. The maximum atomic E-state index is 11.3. The predicted molar refractivity (Wildman–Crippen MR) is 70.9 cm³/mol. The summed E-state index contributed by atoms with van der Waals surface area (Å²) in [7, 11) is 0. The van der Waals surface area contributed by atoms with Gasteiger partial charge < -0.3 is 4.90 Å². The van der Waals surface area contributed by atoms with Crippen molar-refractivity contribution in [3.63, 3.8) is 0 Å². The van der Waals surface area contributed by atoms with E-state index in [2.05, 4.69) is 18.7 Å². The molecule has 0 fully saturated rings. The molecule has 0 aromatic carbocycles. The summed E-state index contributed by atoms with van der Waals surface area (Å²) in [5, 5.41) is -0.231. The van der Waals surface area contributed by atoms with E-state index >= 15 is 0 Å². The second kappa shape index (κ2) is 8.08. The molecule has 0 aliphatic carbocycles. The molecule has 0 heterocycles. The first-order valence-corrected chi connectivity index (χ1v) is 6.74. The maximum absolute atomic E-state index is 11.3. The molecule has 2 nitrogen and oxygen atoms in total. The van der Waals surface area contributed by atoms with Crippen LogP contribution in [0.3, 0.4) is 0 Å². The fraction of sp³-hybridized carbons (Fsp3) is 0.923. The average molecular weight is 248 g/mol. The fourth-order valence-electron chi connectivity index (χ4n) is 1.65. The standard InChI is InChI=1S/C13H26ClNO/c1-5-7-9-15(10-8-6-2)11-13(3,4)12(14)16/h5-11H2,1-4H3. The summed E-state index contributed by atoms with van der Waals surface area (Å²) in [6, 6.07) is 0. The van der Waals surface area contributed by atoms with Crippen LogP contribution in [0.15, 0.2) is 0 Å². The zero-order valence-electron chi connectivity index (χ0n) is 11.2. The fourth-order valence-corrected chi connectivity index (χ4v) is 1.71. The molecule has 0 aromatic heterocycles. The van der Waals surface area contributed by atoms with E-state index in [1.807, 2.05) is 13.8 Å². The van der Waals surface area contributed by atoms with Gasteiger partial charge in [0.25, 0.3) is 0 Å². The number of carbonyl (C=O) groups excluding carboxylic acids is 1. The highest BCUT2D eigenvalue weighted by Gasteiger charge is 2.28. The molecule has 16 heavy (non-hydrogen) atoms. The Morgan fingerprint density at radius 2 is 1.56 bits per heavy atom. The van der Waals surface area contributed by atoms with Gasteiger partial charge in [0, 0.05) is 6.54 Å². The molecule has 96 valence electrons. The van der Waals surface area contributed by atoms with E-state index in [0.29, 0.717) is 0 Å². The number of carbonyl (C=O) groups is 1. The summed E-state index contributed by atoms with van der Waals surface area (Å²) in [5.74, 6) is 0. The number of halogens is 1. The Hall–Kier alpha value is -0.0800. The molecule has 0 spiro atoms. The van der Waals surface area contributed by atoms with Crippen molar-refractivity contribution >= 4 is 16.8 Å². The van der Waals surface area contributed by atoms with Crippen molar-refractivity contribution in [1.29, 1.82) is 0 Å². The van der Waals surface area contributed by atoms with Crippen LogP contribution in [-0.4, -0.2) is 29.8 Å². The van der Waals surface area contributed by atoms with Crippen LogP contribution in [-0.2, 0) is 4.79 Å². The number of hydrogen-bond acceptors (Lipinski definition) is 2. The first-order chi connectivity index (χ1) is 7.44. The minimum atomic E-state index is -0.428. The maximum Gasteiger partial charge on any atom is 0.228 e. The van der Waals surface area contributed by atoms with E-state index in [4.69, 9.17) is 11.6 Å². The molecular formula is C13H26ClNO. The Kier molecular flexibility index (Phi) is 8.04. The summed E-state index contributed by atoms with van der Waals surface area (Å²) < 4.78 is 0. The van der Waals surface area contributed by atoms with Gasteiger partial charge in [0.2, 0.25) is 5.24 Å². The van der Waals surface area contributed by atoms with Gasteiger partial charge in [-0.05, 0) is 37.5 Å². The van der Waals surface area contributed by atoms with Gasteiger partial charge in [-0.2, -0.15) is 0 Å². The Balaban J connectivity index is 4.22. The first-order valence-electron chi connectivity index (χ1n) is 6.36. The molecule has 0 rings (SSSR count). The third kappa shape index (κ3) is 6.49. The largest absolute Gasteiger partial charge is 0.302 e. The SMILES string of the molecule is CCCCN(CCCC)CC(C)(C)C(=O)Cl. The minimum absolute atomic E-state index is 0.231. The molecule has 0 saturated heterocycles. The highest BCUT2D eigenvalue weighted by Crippen LogP contribution is 2.21. The normalized spacial score (nSPS) is 12.1. The van der Waals surface area contributed by atoms with Crippen molar-refractivity contribution < 1.29 is 4.79 Å². The molecule has 0 radical (unpaired) electrons. The topological polar surface area (TPSA) is 20.3 Å². The second-order valence-electron chi connectivity index (χ2n) is 5.14. The molecule has 0 amide bonds. The second-order valence-corrected chi connectivity index (χ2v) is 5.48. The van der Waals surface area contributed by atoms with Crippen molar-refractivity contribution in [2.45, 2.75) is 53.4 Å². The van der Waals surface area contributed by atoms with Crippen molar-refractivity contribution in [3.8, 4) is 0 Å². The Morgan fingerprint density at radius 1 is 1.12 bits per heavy atom. The van der Waals surface area contributed by atoms with Gasteiger partial charge in [-0.3, -0.25) is 4.79 Å². The van der Waals surface area contributed by atoms with E-state index in [1.54, 1.807) is 0 Å². The van der Waals surface area contributed by atoms with Crippen molar-refractivity contribution in [2.24, 2.45) is 5.41 Å². The van der Waals surface area contributed by atoms with E-state index in [9.17, 15) is 4.79 Å². The lowest BCUT2D eigenvalue weighted by atomic mass is 9.94. The van der Waals surface area contributed by atoms with E-state index in [1.165, 1.54) is 25.7 Å². The Bertz CT molecular complexity index is 196. The van der Waals surface area contributed by atoms with Crippen LogP contribution in [0.1, 0.15) is 53.4 Å². The summed E-state index contributed by atoms with van der Waals surface area (Å²) in [6.07, 6.45) is 4.77. The lowest BCUT2D eigenvalue weighted by Gasteiger charge is -2.30. The quantitative estimate of drug-likeness (QED) is 0.580. The molecule has 0 aromatic rings. The number of nitrogens with zero attached hydrogens (tertiary/aromatic N) is 1. The third-order valence-corrected chi connectivity index (χ3v) is 3.32.